The predicted octanol–water partition coefficient (Wildman–Crippen LogP) is -0.186. The Balaban J connectivity index is 2.79. The highest BCUT2D eigenvalue weighted by atomic mass is 16.5. The molecule has 4 N–H and O–H groups in total. The fourth-order valence-electron chi connectivity index (χ4n) is 1.35. The number of pyridine rings is 1. The van der Waals surface area contributed by atoms with E-state index in [0.29, 0.717) is 19.0 Å². The second-order valence-corrected chi connectivity index (χ2v) is 3.10. The number of methoxy groups -OCH3 is 1. The predicted molar refractivity (Wildman–Crippen MR) is 61.1 cm³/mol. The zero-order valence-corrected chi connectivity index (χ0v) is 9.02. The van der Waals surface area contributed by atoms with Gasteiger partial charge in [0, 0.05) is 32.2 Å². The van der Waals surface area contributed by atoms with E-state index >= 15 is 0 Å². The molecule has 0 aromatic carbocycles. The quantitative estimate of drug-likeness (QED) is 0.680. The van der Waals surface area contributed by atoms with Crippen LogP contribution in [0.25, 0.3) is 0 Å². The number of rotatable bonds is 6. The molecule has 0 spiro atoms. The van der Waals surface area contributed by atoms with Crippen LogP contribution in [0.5, 0.6) is 5.88 Å². The highest BCUT2D eigenvalue weighted by molar-refractivity contribution is 5.40. The molecule has 1 aromatic heterocycles. The maximum atomic E-state index is 5.53. The Morgan fingerprint density at radius 2 is 1.93 bits per heavy atom. The minimum Gasteiger partial charge on any atom is -0.481 e. The molecule has 0 aliphatic heterocycles. The Morgan fingerprint density at radius 1 is 1.27 bits per heavy atom. The van der Waals surface area contributed by atoms with Gasteiger partial charge in [-0.15, -0.1) is 0 Å². The number of hydrogen-bond donors (Lipinski definition) is 2. The van der Waals surface area contributed by atoms with Crippen LogP contribution in [0.15, 0.2) is 18.2 Å². The Bertz CT molecular complexity index is 287. The Kier molecular flexibility index (Phi) is 4.86. The van der Waals surface area contributed by atoms with Gasteiger partial charge in [-0.25, -0.2) is 0 Å². The second-order valence-electron chi connectivity index (χ2n) is 3.10. The van der Waals surface area contributed by atoms with Crippen molar-refractivity contribution in [2.75, 3.05) is 38.2 Å². The maximum absolute atomic E-state index is 5.53. The monoisotopic (exact) mass is 210 g/mol. The molecule has 84 valence electrons. The summed E-state index contributed by atoms with van der Waals surface area (Å²) in [5.41, 5.74) is 11.1. The minimum absolute atomic E-state index is 0.582. The standard InChI is InChI=1S/C10H18N4O/c1-15-10-4-2-3-9(13-10)14(7-5-11)8-6-12/h2-4H,5-8,11-12H2,1H3. The fraction of sp³-hybridized carbons (Fsp3) is 0.500. The molecule has 1 aromatic rings. The second kappa shape index (κ2) is 6.21. The van der Waals surface area contributed by atoms with Crippen molar-refractivity contribution in [1.82, 2.24) is 4.98 Å². The van der Waals surface area contributed by atoms with Gasteiger partial charge in [0.1, 0.15) is 5.82 Å². The average molecular weight is 210 g/mol. The van der Waals surface area contributed by atoms with Crippen LogP contribution in [0.2, 0.25) is 0 Å². The van der Waals surface area contributed by atoms with Gasteiger partial charge in [-0.3, -0.25) is 0 Å². The molecule has 1 heterocycles. The summed E-state index contributed by atoms with van der Waals surface area (Å²) in [6.07, 6.45) is 0. The van der Waals surface area contributed by atoms with Gasteiger partial charge < -0.3 is 21.1 Å². The van der Waals surface area contributed by atoms with E-state index in [1.54, 1.807) is 7.11 Å². The average Bonchev–Trinajstić information content (AvgIpc) is 2.29. The smallest absolute Gasteiger partial charge is 0.214 e. The summed E-state index contributed by atoms with van der Waals surface area (Å²) in [4.78, 5) is 6.37. The molecule has 0 saturated carbocycles. The van der Waals surface area contributed by atoms with Crippen LogP contribution in [-0.4, -0.2) is 38.3 Å². The third-order valence-electron chi connectivity index (χ3n) is 2.04. The van der Waals surface area contributed by atoms with Gasteiger partial charge in [0.2, 0.25) is 5.88 Å². The van der Waals surface area contributed by atoms with Crippen molar-refractivity contribution in [2.24, 2.45) is 11.5 Å². The van der Waals surface area contributed by atoms with E-state index < -0.39 is 0 Å². The summed E-state index contributed by atoms with van der Waals surface area (Å²) in [6.45, 7) is 2.66. The van der Waals surface area contributed by atoms with Crippen molar-refractivity contribution in [1.29, 1.82) is 0 Å². The first kappa shape index (κ1) is 11.7. The van der Waals surface area contributed by atoms with Crippen molar-refractivity contribution in [2.45, 2.75) is 0 Å². The molecule has 1 rings (SSSR count). The highest BCUT2D eigenvalue weighted by Gasteiger charge is 2.06. The van der Waals surface area contributed by atoms with Gasteiger partial charge >= 0.3 is 0 Å². The van der Waals surface area contributed by atoms with Gasteiger partial charge in [0.15, 0.2) is 0 Å². The van der Waals surface area contributed by atoms with Crippen molar-refractivity contribution < 1.29 is 4.74 Å². The molecule has 0 saturated heterocycles. The maximum Gasteiger partial charge on any atom is 0.214 e. The van der Waals surface area contributed by atoms with E-state index in [-0.39, 0.29) is 0 Å². The van der Waals surface area contributed by atoms with Crippen LogP contribution in [0.3, 0.4) is 0 Å². The van der Waals surface area contributed by atoms with Gasteiger partial charge in [-0.2, -0.15) is 4.98 Å². The molecule has 0 amide bonds. The lowest BCUT2D eigenvalue weighted by molar-refractivity contribution is 0.398. The number of nitrogens with two attached hydrogens (primary N) is 2. The molecular weight excluding hydrogens is 192 g/mol. The number of ether oxygens (including phenoxy) is 1. The molecular formula is C10H18N4O. The van der Waals surface area contributed by atoms with Crippen molar-refractivity contribution in [3.8, 4) is 5.88 Å². The number of nitrogens with zero attached hydrogens (tertiary/aromatic N) is 2. The molecule has 0 bridgehead atoms. The summed E-state index contributed by atoms with van der Waals surface area (Å²) < 4.78 is 5.06. The normalized spacial score (nSPS) is 10.1. The summed E-state index contributed by atoms with van der Waals surface area (Å²) in [5.74, 6) is 1.46. The molecule has 0 aliphatic rings. The van der Waals surface area contributed by atoms with Crippen LogP contribution < -0.4 is 21.1 Å². The van der Waals surface area contributed by atoms with Crippen LogP contribution in [-0.2, 0) is 0 Å². The summed E-state index contributed by atoms with van der Waals surface area (Å²) in [6, 6.07) is 5.64. The molecule has 0 atom stereocenters. The lowest BCUT2D eigenvalue weighted by Gasteiger charge is -2.22. The van der Waals surface area contributed by atoms with Crippen molar-refractivity contribution in [3.63, 3.8) is 0 Å². The van der Waals surface area contributed by atoms with Gasteiger partial charge in [0.05, 0.1) is 7.11 Å². The summed E-state index contributed by atoms with van der Waals surface area (Å²) >= 11 is 0. The first-order valence-corrected chi connectivity index (χ1v) is 4.98. The molecule has 5 nitrogen and oxygen atoms in total. The Hall–Kier alpha value is -1.33. The first-order chi connectivity index (χ1) is 7.31. The number of anilines is 1. The van der Waals surface area contributed by atoms with Gasteiger partial charge in [-0.1, -0.05) is 6.07 Å². The molecule has 5 heteroatoms. The Labute approximate surface area is 90.0 Å². The lowest BCUT2D eigenvalue weighted by Crippen LogP contribution is -2.34. The van der Waals surface area contributed by atoms with Crippen LogP contribution in [0.4, 0.5) is 5.82 Å². The topological polar surface area (TPSA) is 77.4 Å². The molecule has 0 radical (unpaired) electrons. The third-order valence-corrected chi connectivity index (χ3v) is 2.04. The van der Waals surface area contributed by atoms with Gasteiger partial charge in [0.25, 0.3) is 0 Å². The third kappa shape index (κ3) is 3.38. The van der Waals surface area contributed by atoms with E-state index in [1.165, 1.54) is 0 Å². The molecule has 15 heavy (non-hydrogen) atoms. The van der Waals surface area contributed by atoms with Crippen LogP contribution in [0.1, 0.15) is 0 Å². The summed E-state index contributed by atoms with van der Waals surface area (Å²) in [7, 11) is 1.60. The largest absolute Gasteiger partial charge is 0.481 e. The van der Waals surface area contributed by atoms with E-state index in [0.717, 1.165) is 18.9 Å². The van der Waals surface area contributed by atoms with Crippen molar-refractivity contribution in [3.05, 3.63) is 18.2 Å². The van der Waals surface area contributed by atoms with E-state index in [4.69, 9.17) is 16.2 Å². The zero-order valence-electron chi connectivity index (χ0n) is 9.02. The molecule has 0 unspecified atom stereocenters. The fourth-order valence-corrected chi connectivity index (χ4v) is 1.35. The Morgan fingerprint density at radius 3 is 2.47 bits per heavy atom. The zero-order chi connectivity index (χ0) is 11.1. The van der Waals surface area contributed by atoms with Gasteiger partial charge in [-0.05, 0) is 6.07 Å². The lowest BCUT2D eigenvalue weighted by atomic mass is 10.4. The van der Waals surface area contributed by atoms with Crippen molar-refractivity contribution >= 4 is 5.82 Å². The number of aromatic nitrogens is 1. The SMILES string of the molecule is COc1cccc(N(CCN)CCN)n1. The van der Waals surface area contributed by atoms with Crippen LogP contribution >= 0.6 is 0 Å². The van der Waals surface area contributed by atoms with E-state index in [1.807, 2.05) is 23.1 Å². The first-order valence-electron chi connectivity index (χ1n) is 4.98. The summed E-state index contributed by atoms with van der Waals surface area (Å²) in [5, 5.41) is 0. The number of hydrogen-bond acceptors (Lipinski definition) is 5. The van der Waals surface area contributed by atoms with Crippen LogP contribution in [0, 0.1) is 0 Å². The van der Waals surface area contributed by atoms with E-state index in [9.17, 15) is 0 Å². The molecule has 0 aliphatic carbocycles. The van der Waals surface area contributed by atoms with E-state index in [2.05, 4.69) is 4.98 Å². The minimum atomic E-state index is 0.582. The highest BCUT2D eigenvalue weighted by Crippen LogP contribution is 2.14. The molecule has 0 fully saturated rings.